The molecule has 0 saturated carbocycles. The number of imidazole rings is 1. The first-order valence-corrected chi connectivity index (χ1v) is 9.50. The van der Waals surface area contributed by atoms with Gasteiger partial charge in [-0.2, -0.15) is 0 Å². The predicted octanol–water partition coefficient (Wildman–Crippen LogP) is 3.83. The lowest BCUT2D eigenvalue weighted by molar-refractivity contribution is 0.372. The highest BCUT2D eigenvalue weighted by Gasteiger charge is 2.08. The van der Waals surface area contributed by atoms with Crippen LogP contribution in [0.3, 0.4) is 0 Å². The molecule has 0 fully saturated rings. The number of guanidine groups is 1. The van der Waals surface area contributed by atoms with E-state index in [0.29, 0.717) is 19.0 Å². The van der Waals surface area contributed by atoms with Gasteiger partial charge in [-0.3, -0.25) is 4.99 Å². The maximum atomic E-state index is 5.36. The molecule has 0 aliphatic rings. The molecule has 0 amide bonds. The van der Waals surface area contributed by atoms with Crippen LogP contribution in [0.25, 0.3) is 0 Å². The highest BCUT2D eigenvalue weighted by atomic mass is 127. The summed E-state index contributed by atoms with van der Waals surface area (Å²) < 4.78 is 7.49. The lowest BCUT2D eigenvalue weighted by Crippen LogP contribution is -2.36. The summed E-state index contributed by atoms with van der Waals surface area (Å²) >= 11 is 0. The van der Waals surface area contributed by atoms with Crippen LogP contribution in [0.1, 0.15) is 48.2 Å². The van der Waals surface area contributed by atoms with E-state index >= 15 is 0 Å². The van der Waals surface area contributed by atoms with Crippen molar-refractivity contribution < 1.29 is 4.52 Å². The maximum Gasteiger partial charge on any atom is 0.191 e. The van der Waals surface area contributed by atoms with Crippen LogP contribution in [0.2, 0.25) is 0 Å². The number of rotatable bonds is 7. The van der Waals surface area contributed by atoms with Crippen molar-refractivity contribution >= 4 is 29.9 Å². The van der Waals surface area contributed by atoms with Crippen LogP contribution in [0.15, 0.2) is 52.2 Å². The molecule has 8 heteroatoms. The molecule has 156 valence electrons. The standard InChI is InChI=1S/C21H28N6O.HI/c1-15(2)20-11-19(28-26-20)13-25-21(22-4)24-12-17-6-5-7-18(10-17)14-27-9-8-23-16(27)3;/h5-11,15H,12-14H2,1-4H3,(H2,22,24,25);1H. The molecule has 0 aliphatic carbocycles. The number of hydrogen-bond acceptors (Lipinski definition) is 4. The molecule has 0 radical (unpaired) electrons. The molecule has 0 spiro atoms. The van der Waals surface area contributed by atoms with E-state index in [-0.39, 0.29) is 24.0 Å². The summed E-state index contributed by atoms with van der Waals surface area (Å²) in [6.07, 6.45) is 3.83. The lowest BCUT2D eigenvalue weighted by Gasteiger charge is -2.12. The normalized spacial score (nSPS) is 11.4. The van der Waals surface area contributed by atoms with Crippen LogP contribution in [-0.2, 0) is 19.6 Å². The summed E-state index contributed by atoms with van der Waals surface area (Å²) in [5.74, 6) is 2.89. The summed E-state index contributed by atoms with van der Waals surface area (Å²) in [5.41, 5.74) is 3.40. The van der Waals surface area contributed by atoms with Gasteiger partial charge < -0.3 is 19.7 Å². The first kappa shape index (κ1) is 22.9. The first-order valence-electron chi connectivity index (χ1n) is 9.50. The quantitative estimate of drug-likeness (QED) is 0.288. The Labute approximate surface area is 189 Å². The second kappa shape index (κ2) is 11.0. The Morgan fingerprint density at radius 3 is 2.59 bits per heavy atom. The molecular weight excluding hydrogens is 479 g/mol. The van der Waals surface area contributed by atoms with Crippen LogP contribution in [0, 0.1) is 6.92 Å². The molecule has 1 aromatic carbocycles. The van der Waals surface area contributed by atoms with Gasteiger partial charge in [-0.05, 0) is 24.0 Å². The zero-order valence-corrected chi connectivity index (χ0v) is 19.7. The summed E-state index contributed by atoms with van der Waals surface area (Å²) in [6, 6.07) is 10.5. The Bertz CT molecular complexity index is 931. The SMILES string of the molecule is CN=C(NCc1cccc(Cn2ccnc2C)c1)NCc1cc(C(C)C)no1.I. The minimum Gasteiger partial charge on any atom is -0.359 e. The topological polar surface area (TPSA) is 80.3 Å². The molecule has 29 heavy (non-hydrogen) atoms. The van der Waals surface area contributed by atoms with Crippen molar-refractivity contribution in [2.45, 2.75) is 46.3 Å². The molecule has 0 unspecified atom stereocenters. The minimum absolute atomic E-state index is 0. The minimum atomic E-state index is 0. The zero-order chi connectivity index (χ0) is 19.9. The molecule has 2 N–H and O–H groups in total. The molecule has 0 atom stereocenters. The number of aryl methyl sites for hydroxylation is 1. The van der Waals surface area contributed by atoms with Crippen molar-refractivity contribution in [1.29, 1.82) is 0 Å². The Hall–Kier alpha value is -2.36. The van der Waals surface area contributed by atoms with Gasteiger partial charge in [-0.1, -0.05) is 43.3 Å². The van der Waals surface area contributed by atoms with Crippen LogP contribution in [0.5, 0.6) is 0 Å². The van der Waals surface area contributed by atoms with Gasteiger partial charge in [0.1, 0.15) is 5.82 Å². The Kier molecular flexibility index (Phi) is 8.69. The number of nitrogens with one attached hydrogen (secondary N) is 2. The van der Waals surface area contributed by atoms with Gasteiger partial charge in [0.2, 0.25) is 0 Å². The van der Waals surface area contributed by atoms with Crippen molar-refractivity contribution in [3.8, 4) is 0 Å². The van der Waals surface area contributed by atoms with E-state index in [1.54, 1.807) is 7.05 Å². The number of hydrogen-bond donors (Lipinski definition) is 2. The van der Waals surface area contributed by atoms with Gasteiger partial charge in [0.15, 0.2) is 11.7 Å². The van der Waals surface area contributed by atoms with E-state index < -0.39 is 0 Å². The molecular formula is C21H29IN6O. The van der Waals surface area contributed by atoms with Gasteiger partial charge in [0, 0.05) is 38.6 Å². The van der Waals surface area contributed by atoms with Crippen LogP contribution >= 0.6 is 24.0 Å². The molecule has 3 aromatic rings. The highest BCUT2D eigenvalue weighted by molar-refractivity contribution is 14.0. The fourth-order valence-corrected chi connectivity index (χ4v) is 2.87. The average Bonchev–Trinajstić information content (AvgIpc) is 3.32. The molecule has 2 heterocycles. The van der Waals surface area contributed by atoms with E-state index in [1.807, 2.05) is 25.4 Å². The average molecular weight is 508 g/mol. The van der Waals surface area contributed by atoms with Gasteiger partial charge in [0.25, 0.3) is 0 Å². The van der Waals surface area contributed by atoms with Crippen LogP contribution in [0.4, 0.5) is 0 Å². The molecule has 7 nitrogen and oxygen atoms in total. The lowest BCUT2D eigenvalue weighted by atomic mass is 10.1. The molecule has 0 saturated heterocycles. The summed E-state index contributed by atoms with van der Waals surface area (Å²) in [4.78, 5) is 8.55. The largest absolute Gasteiger partial charge is 0.359 e. The molecule has 3 rings (SSSR count). The number of benzene rings is 1. The van der Waals surface area contributed by atoms with Gasteiger partial charge in [0.05, 0.1) is 12.2 Å². The second-order valence-corrected chi connectivity index (χ2v) is 7.07. The summed E-state index contributed by atoms with van der Waals surface area (Å²) in [7, 11) is 1.76. The molecule has 0 bridgehead atoms. The first-order chi connectivity index (χ1) is 13.5. The van der Waals surface area contributed by atoms with E-state index in [4.69, 9.17) is 4.52 Å². The molecule has 0 aliphatic heterocycles. The van der Waals surface area contributed by atoms with Gasteiger partial charge in [-0.15, -0.1) is 24.0 Å². The third-order valence-corrected chi connectivity index (χ3v) is 4.55. The third-order valence-electron chi connectivity index (χ3n) is 4.55. The van der Waals surface area contributed by atoms with Gasteiger partial charge in [-0.25, -0.2) is 4.98 Å². The molecule has 2 aromatic heterocycles. The Balaban J connectivity index is 0.00000300. The van der Waals surface area contributed by atoms with Crippen LogP contribution < -0.4 is 10.6 Å². The smallest absolute Gasteiger partial charge is 0.191 e. The van der Waals surface area contributed by atoms with E-state index in [2.05, 4.69) is 68.4 Å². The van der Waals surface area contributed by atoms with E-state index in [1.165, 1.54) is 11.1 Å². The third kappa shape index (κ3) is 6.59. The van der Waals surface area contributed by atoms with Crippen molar-refractivity contribution in [3.05, 3.63) is 71.1 Å². The van der Waals surface area contributed by atoms with Crippen molar-refractivity contribution in [2.75, 3.05) is 7.05 Å². The Morgan fingerprint density at radius 1 is 1.17 bits per heavy atom. The summed E-state index contributed by atoms with van der Waals surface area (Å²) in [6.45, 7) is 8.25. The summed E-state index contributed by atoms with van der Waals surface area (Å²) in [5, 5.41) is 10.7. The fraction of sp³-hybridized carbons (Fsp3) is 0.381. The maximum absolute atomic E-state index is 5.36. The predicted molar refractivity (Wildman–Crippen MR) is 126 cm³/mol. The fourth-order valence-electron chi connectivity index (χ4n) is 2.87. The highest BCUT2D eigenvalue weighted by Crippen LogP contribution is 2.13. The van der Waals surface area contributed by atoms with Crippen LogP contribution in [-0.4, -0.2) is 27.7 Å². The number of halogens is 1. The number of nitrogens with zero attached hydrogens (tertiary/aromatic N) is 4. The van der Waals surface area contributed by atoms with E-state index in [9.17, 15) is 0 Å². The monoisotopic (exact) mass is 508 g/mol. The van der Waals surface area contributed by atoms with Crippen molar-refractivity contribution in [1.82, 2.24) is 25.3 Å². The van der Waals surface area contributed by atoms with Gasteiger partial charge >= 0.3 is 0 Å². The van der Waals surface area contributed by atoms with Crippen molar-refractivity contribution in [2.24, 2.45) is 4.99 Å². The number of aromatic nitrogens is 3. The van der Waals surface area contributed by atoms with E-state index in [0.717, 1.165) is 29.8 Å². The van der Waals surface area contributed by atoms with Crippen molar-refractivity contribution in [3.63, 3.8) is 0 Å². The second-order valence-electron chi connectivity index (χ2n) is 7.07. The Morgan fingerprint density at radius 2 is 1.93 bits per heavy atom. The zero-order valence-electron chi connectivity index (χ0n) is 17.3. The number of aliphatic imine (C=N–C) groups is 1.